The number of hydrogen-bond acceptors (Lipinski definition) is 7. The van der Waals surface area contributed by atoms with Gasteiger partial charge in [-0.1, -0.05) is 34.6 Å². The van der Waals surface area contributed by atoms with E-state index in [4.69, 9.17) is 21.4 Å². The van der Waals surface area contributed by atoms with Crippen molar-refractivity contribution >= 4 is 40.8 Å². The average Bonchev–Trinajstić information content (AvgIpc) is 2.89. The number of thioether (sulfide) groups is 1. The highest BCUT2D eigenvalue weighted by Crippen LogP contribution is 2.31. The minimum absolute atomic E-state index is 0.0312. The van der Waals surface area contributed by atoms with Crippen LogP contribution >= 0.6 is 23.4 Å². The summed E-state index contributed by atoms with van der Waals surface area (Å²) < 4.78 is 27.8. The molecule has 0 spiro atoms. The Kier molecular flexibility index (Phi) is 8.32. The van der Waals surface area contributed by atoms with Gasteiger partial charge in [0.15, 0.2) is 10.9 Å². The average molecular weight is 533 g/mol. The SMILES string of the molecule is CSc1ncc(C(C)=NOc2ccnc(Cl)c2)c(C2CCN(C(=O)Nc3c(F)cccc3F)CC2)n1. The molecule has 2 amide bonds. The van der Waals surface area contributed by atoms with E-state index in [-0.39, 0.29) is 5.92 Å². The molecule has 0 bridgehead atoms. The lowest BCUT2D eigenvalue weighted by molar-refractivity contribution is 0.193. The molecule has 3 aromatic rings. The summed E-state index contributed by atoms with van der Waals surface area (Å²) >= 11 is 7.33. The fraction of sp³-hybridized carbons (Fsp3) is 0.292. The van der Waals surface area contributed by atoms with Gasteiger partial charge in [0.25, 0.3) is 0 Å². The van der Waals surface area contributed by atoms with E-state index in [1.807, 2.05) is 6.26 Å². The first kappa shape index (κ1) is 25.8. The number of piperidine rings is 1. The van der Waals surface area contributed by atoms with Crippen LogP contribution in [-0.4, -0.2) is 50.9 Å². The van der Waals surface area contributed by atoms with Crippen molar-refractivity contribution in [3.05, 3.63) is 70.8 Å². The number of nitrogens with one attached hydrogen (secondary N) is 1. The van der Waals surface area contributed by atoms with Crippen LogP contribution in [0.25, 0.3) is 0 Å². The molecule has 3 heterocycles. The Morgan fingerprint density at radius 3 is 2.61 bits per heavy atom. The van der Waals surface area contributed by atoms with Gasteiger partial charge in [-0.05, 0) is 38.2 Å². The Balaban J connectivity index is 1.47. The van der Waals surface area contributed by atoms with Crippen molar-refractivity contribution in [2.45, 2.75) is 30.8 Å². The molecule has 0 radical (unpaired) electrons. The fourth-order valence-corrected chi connectivity index (χ4v) is 4.35. The van der Waals surface area contributed by atoms with E-state index in [0.29, 0.717) is 47.7 Å². The highest BCUT2D eigenvalue weighted by molar-refractivity contribution is 7.98. The highest BCUT2D eigenvalue weighted by Gasteiger charge is 2.28. The quantitative estimate of drug-likeness (QED) is 0.143. The standard InChI is InChI=1S/C24H23ClF2N6O2S/c1-14(32-35-16-6-9-28-20(25)12-16)17-13-29-23(36-2)30-21(17)15-7-10-33(11-8-15)24(34)31-22-18(26)4-3-5-19(22)27/h3-6,9,12-13,15H,7-8,10-11H2,1-2H3,(H,31,34). The van der Waals surface area contributed by atoms with Crippen LogP contribution in [0.1, 0.15) is 36.9 Å². The number of amides is 2. The molecule has 1 N–H and O–H groups in total. The minimum atomic E-state index is -0.820. The van der Waals surface area contributed by atoms with E-state index in [0.717, 1.165) is 23.4 Å². The topological polar surface area (TPSA) is 92.6 Å². The van der Waals surface area contributed by atoms with Gasteiger partial charge in [-0.25, -0.2) is 28.5 Å². The number of hydrogen-bond donors (Lipinski definition) is 1. The first-order chi connectivity index (χ1) is 17.4. The molecule has 1 saturated heterocycles. The molecule has 2 aromatic heterocycles. The lowest BCUT2D eigenvalue weighted by Gasteiger charge is -2.32. The molecule has 36 heavy (non-hydrogen) atoms. The Morgan fingerprint density at radius 1 is 1.22 bits per heavy atom. The molecular formula is C24H23ClF2N6O2S. The summed E-state index contributed by atoms with van der Waals surface area (Å²) in [5.41, 5.74) is 1.69. The molecule has 0 unspecified atom stereocenters. The van der Waals surface area contributed by atoms with Gasteiger partial charge in [0, 0.05) is 49.1 Å². The third-order valence-corrected chi connectivity index (χ3v) is 6.49. The number of urea groups is 1. The molecule has 12 heteroatoms. The van der Waals surface area contributed by atoms with Crippen molar-refractivity contribution < 1.29 is 18.4 Å². The maximum Gasteiger partial charge on any atom is 0.322 e. The van der Waals surface area contributed by atoms with E-state index >= 15 is 0 Å². The Labute approximate surface area is 216 Å². The number of likely N-dealkylation sites (tertiary alicyclic amines) is 1. The van der Waals surface area contributed by atoms with Crippen LogP contribution < -0.4 is 10.2 Å². The summed E-state index contributed by atoms with van der Waals surface area (Å²) in [6.45, 7) is 2.59. The third kappa shape index (κ3) is 6.08. The summed E-state index contributed by atoms with van der Waals surface area (Å²) in [6, 6.07) is 6.10. The number of oxime groups is 1. The van der Waals surface area contributed by atoms with Gasteiger partial charge in [0.05, 0.1) is 11.4 Å². The largest absolute Gasteiger partial charge is 0.357 e. The van der Waals surface area contributed by atoms with Gasteiger partial charge in [-0.3, -0.25) is 0 Å². The van der Waals surface area contributed by atoms with Crippen molar-refractivity contribution in [1.29, 1.82) is 0 Å². The summed E-state index contributed by atoms with van der Waals surface area (Å²) in [7, 11) is 0. The number of benzene rings is 1. The van der Waals surface area contributed by atoms with Gasteiger partial charge >= 0.3 is 6.03 Å². The van der Waals surface area contributed by atoms with Gasteiger partial charge in [-0.2, -0.15) is 0 Å². The van der Waals surface area contributed by atoms with Gasteiger partial charge in [0.1, 0.15) is 22.5 Å². The molecule has 1 aliphatic heterocycles. The van der Waals surface area contributed by atoms with Crippen LogP contribution in [0, 0.1) is 11.6 Å². The van der Waals surface area contributed by atoms with E-state index < -0.39 is 23.4 Å². The Bertz CT molecular complexity index is 1270. The monoisotopic (exact) mass is 532 g/mol. The van der Waals surface area contributed by atoms with Crippen LogP contribution in [-0.2, 0) is 0 Å². The van der Waals surface area contributed by atoms with Crippen LogP contribution in [0.3, 0.4) is 0 Å². The van der Waals surface area contributed by atoms with E-state index in [1.54, 1.807) is 25.3 Å². The summed E-state index contributed by atoms with van der Waals surface area (Å²) in [5.74, 6) is -1.16. The molecule has 0 atom stereocenters. The number of nitrogens with zero attached hydrogens (tertiary/aromatic N) is 5. The lowest BCUT2D eigenvalue weighted by atomic mass is 9.90. The smallest absolute Gasteiger partial charge is 0.322 e. The minimum Gasteiger partial charge on any atom is -0.357 e. The number of para-hydroxylation sites is 1. The summed E-state index contributed by atoms with van der Waals surface area (Å²) in [6.07, 6.45) is 6.35. The fourth-order valence-electron chi connectivity index (χ4n) is 3.84. The zero-order valence-electron chi connectivity index (χ0n) is 19.5. The van der Waals surface area contributed by atoms with Crippen LogP contribution in [0.15, 0.2) is 53.0 Å². The molecular weight excluding hydrogens is 510 g/mol. The van der Waals surface area contributed by atoms with Crippen LogP contribution in [0.5, 0.6) is 5.75 Å². The second-order valence-corrected chi connectivity index (χ2v) is 9.19. The van der Waals surface area contributed by atoms with E-state index in [1.165, 1.54) is 28.9 Å². The number of pyridine rings is 1. The third-order valence-electron chi connectivity index (χ3n) is 5.72. The van der Waals surface area contributed by atoms with Crippen LogP contribution in [0.4, 0.5) is 19.3 Å². The lowest BCUT2D eigenvalue weighted by Crippen LogP contribution is -2.41. The second kappa shape index (κ2) is 11.6. The molecule has 4 rings (SSSR count). The summed E-state index contributed by atoms with van der Waals surface area (Å²) in [4.78, 5) is 32.7. The normalized spacial score (nSPS) is 14.6. The van der Waals surface area contributed by atoms with Gasteiger partial charge in [-0.15, -0.1) is 0 Å². The number of halogens is 3. The number of rotatable bonds is 6. The predicted octanol–water partition coefficient (Wildman–Crippen LogP) is 5.74. The summed E-state index contributed by atoms with van der Waals surface area (Å²) in [5, 5.41) is 7.48. The molecule has 1 fully saturated rings. The first-order valence-corrected chi connectivity index (χ1v) is 12.7. The molecule has 1 aromatic carbocycles. The zero-order valence-corrected chi connectivity index (χ0v) is 21.1. The Hall–Kier alpha value is -3.31. The van der Waals surface area contributed by atoms with Crippen LogP contribution in [0.2, 0.25) is 5.15 Å². The number of carbonyl (C=O) groups excluding carboxylic acids is 1. The van der Waals surface area contributed by atoms with Crippen molar-refractivity contribution in [3.8, 4) is 5.75 Å². The van der Waals surface area contributed by atoms with Gasteiger partial charge < -0.3 is 15.1 Å². The van der Waals surface area contributed by atoms with E-state index in [9.17, 15) is 13.6 Å². The molecule has 1 aliphatic rings. The Morgan fingerprint density at radius 2 is 1.94 bits per heavy atom. The number of carbonyl (C=O) groups is 1. The van der Waals surface area contributed by atoms with Crippen molar-refractivity contribution in [2.24, 2.45) is 5.16 Å². The molecule has 188 valence electrons. The molecule has 0 saturated carbocycles. The van der Waals surface area contributed by atoms with Crippen molar-refractivity contribution in [1.82, 2.24) is 19.9 Å². The maximum absolute atomic E-state index is 13.9. The van der Waals surface area contributed by atoms with Gasteiger partial charge in [0.2, 0.25) is 0 Å². The molecule has 0 aliphatic carbocycles. The first-order valence-electron chi connectivity index (χ1n) is 11.1. The molecule has 8 nitrogen and oxygen atoms in total. The zero-order chi connectivity index (χ0) is 25.7. The number of anilines is 1. The highest BCUT2D eigenvalue weighted by atomic mass is 35.5. The number of aromatic nitrogens is 3. The van der Waals surface area contributed by atoms with E-state index in [2.05, 4.69) is 20.4 Å². The predicted molar refractivity (Wildman–Crippen MR) is 135 cm³/mol. The van der Waals surface area contributed by atoms with Crippen molar-refractivity contribution in [3.63, 3.8) is 0 Å². The maximum atomic E-state index is 13.9. The second-order valence-electron chi connectivity index (χ2n) is 8.03. The van der Waals surface area contributed by atoms with Crippen molar-refractivity contribution in [2.75, 3.05) is 24.7 Å².